The Hall–Kier alpha value is -2.80. The molecule has 0 aliphatic heterocycles. The van der Waals surface area contributed by atoms with Gasteiger partial charge in [0.1, 0.15) is 17.4 Å². The average Bonchev–Trinajstić information content (AvgIpc) is 2.67. The molecule has 0 spiro atoms. The highest BCUT2D eigenvalue weighted by Gasteiger charge is 2.39. The second-order valence-corrected chi connectivity index (χ2v) is 9.22. The summed E-state index contributed by atoms with van der Waals surface area (Å²) in [5, 5.41) is 0. The van der Waals surface area contributed by atoms with Crippen LogP contribution in [0.15, 0.2) is 53.4 Å². The predicted octanol–water partition coefficient (Wildman–Crippen LogP) is 3.49. The van der Waals surface area contributed by atoms with Gasteiger partial charge in [0.05, 0.1) is 4.90 Å². The molecule has 2 aromatic rings. The molecule has 1 aliphatic carbocycles. The van der Waals surface area contributed by atoms with Crippen LogP contribution in [0.5, 0.6) is 11.5 Å². The predicted molar refractivity (Wildman–Crippen MR) is 107 cm³/mol. The maximum atomic E-state index is 12.4. The first-order valence-corrected chi connectivity index (χ1v) is 11.2. The maximum Gasteiger partial charge on any atom is 0.175 e. The van der Waals surface area contributed by atoms with E-state index < -0.39 is 15.8 Å². The zero-order valence-corrected chi connectivity index (χ0v) is 17.1. The topological polar surface area (TPSA) is 94.6 Å². The van der Waals surface area contributed by atoms with Gasteiger partial charge in [-0.1, -0.05) is 19.1 Å². The van der Waals surface area contributed by atoms with Crippen LogP contribution < -0.4 is 4.74 Å². The summed E-state index contributed by atoms with van der Waals surface area (Å²) >= 11 is 0. The minimum Gasteiger partial charge on any atom is -0.457 e. The largest absolute Gasteiger partial charge is 0.457 e. The second-order valence-electron chi connectivity index (χ2n) is 7.21. The summed E-state index contributed by atoms with van der Waals surface area (Å²) in [4.78, 5) is 36.8. The fraction of sp³-hybridized carbons (Fsp3) is 0.318. The van der Waals surface area contributed by atoms with Crippen LogP contribution in [0.1, 0.15) is 37.7 Å². The summed E-state index contributed by atoms with van der Waals surface area (Å²) < 4.78 is 28.9. The van der Waals surface area contributed by atoms with Gasteiger partial charge in [0.15, 0.2) is 27.2 Å². The molecule has 3 rings (SSSR count). The van der Waals surface area contributed by atoms with E-state index >= 15 is 0 Å². The number of hydrogen-bond donors (Lipinski definition) is 0. The SMILES string of the molecule is CCC(=O)C1C(=O)CC(c2cccc(Oc3ccc(S(C)(=O)=O)cc3)c2)CC1=O. The van der Waals surface area contributed by atoms with E-state index in [0.717, 1.165) is 11.8 Å². The van der Waals surface area contributed by atoms with Gasteiger partial charge in [-0.3, -0.25) is 14.4 Å². The smallest absolute Gasteiger partial charge is 0.175 e. The van der Waals surface area contributed by atoms with Crippen LogP contribution in [-0.4, -0.2) is 32.0 Å². The van der Waals surface area contributed by atoms with Crippen LogP contribution in [0.25, 0.3) is 0 Å². The van der Waals surface area contributed by atoms with Crippen molar-refractivity contribution in [1.82, 2.24) is 0 Å². The van der Waals surface area contributed by atoms with Gasteiger partial charge >= 0.3 is 0 Å². The molecule has 1 fully saturated rings. The Morgan fingerprint density at radius 3 is 2.17 bits per heavy atom. The molecular formula is C22H22O6S. The molecule has 0 atom stereocenters. The Bertz CT molecular complexity index is 1030. The Morgan fingerprint density at radius 1 is 1.00 bits per heavy atom. The molecule has 29 heavy (non-hydrogen) atoms. The summed E-state index contributed by atoms with van der Waals surface area (Å²) in [6.45, 7) is 1.65. The molecule has 0 saturated heterocycles. The molecule has 6 nitrogen and oxygen atoms in total. The number of rotatable bonds is 6. The molecule has 1 aliphatic rings. The van der Waals surface area contributed by atoms with E-state index in [9.17, 15) is 22.8 Å². The van der Waals surface area contributed by atoms with Gasteiger partial charge in [-0.15, -0.1) is 0 Å². The third kappa shape index (κ3) is 4.79. The third-order valence-corrected chi connectivity index (χ3v) is 6.16. The van der Waals surface area contributed by atoms with Crippen molar-refractivity contribution in [3.05, 3.63) is 54.1 Å². The van der Waals surface area contributed by atoms with E-state index in [4.69, 9.17) is 4.74 Å². The molecule has 2 aromatic carbocycles. The number of carbonyl (C=O) groups is 3. The zero-order valence-electron chi connectivity index (χ0n) is 16.3. The van der Waals surface area contributed by atoms with Crippen molar-refractivity contribution >= 4 is 27.2 Å². The monoisotopic (exact) mass is 414 g/mol. The highest BCUT2D eigenvalue weighted by molar-refractivity contribution is 7.90. The lowest BCUT2D eigenvalue weighted by Gasteiger charge is -2.26. The third-order valence-electron chi connectivity index (χ3n) is 5.03. The van der Waals surface area contributed by atoms with Crippen molar-refractivity contribution in [2.75, 3.05) is 6.26 Å². The quantitative estimate of drug-likeness (QED) is 0.672. The van der Waals surface area contributed by atoms with Crippen molar-refractivity contribution in [2.45, 2.75) is 37.0 Å². The molecule has 0 heterocycles. The molecule has 0 amide bonds. The van der Waals surface area contributed by atoms with E-state index in [1.54, 1.807) is 37.3 Å². The average molecular weight is 414 g/mol. The molecule has 1 saturated carbocycles. The van der Waals surface area contributed by atoms with Gasteiger partial charge in [0.2, 0.25) is 0 Å². The van der Waals surface area contributed by atoms with Crippen molar-refractivity contribution in [2.24, 2.45) is 5.92 Å². The van der Waals surface area contributed by atoms with Crippen molar-refractivity contribution in [3.8, 4) is 11.5 Å². The van der Waals surface area contributed by atoms with Crippen molar-refractivity contribution in [1.29, 1.82) is 0 Å². The highest BCUT2D eigenvalue weighted by Crippen LogP contribution is 2.34. The first kappa shape index (κ1) is 20.9. The first-order chi connectivity index (χ1) is 13.7. The number of ether oxygens (including phenoxy) is 1. The first-order valence-electron chi connectivity index (χ1n) is 9.35. The van der Waals surface area contributed by atoms with Gasteiger partial charge < -0.3 is 4.74 Å². The van der Waals surface area contributed by atoms with E-state index in [-0.39, 0.29) is 47.4 Å². The normalized spacial score (nSPS) is 19.8. The van der Waals surface area contributed by atoms with Gasteiger partial charge in [-0.2, -0.15) is 0 Å². The van der Waals surface area contributed by atoms with E-state index in [1.807, 2.05) is 6.07 Å². The van der Waals surface area contributed by atoms with E-state index in [1.165, 1.54) is 12.1 Å². The van der Waals surface area contributed by atoms with Gasteiger partial charge in [0.25, 0.3) is 0 Å². The molecule has 0 aromatic heterocycles. The van der Waals surface area contributed by atoms with Gasteiger partial charge in [-0.25, -0.2) is 8.42 Å². The van der Waals surface area contributed by atoms with Crippen LogP contribution in [0, 0.1) is 5.92 Å². The lowest BCUT2D eigenvalue weighted by atomic mass is 9.75. The van der Waals surface area contributed by atoms with Crippen molar-refractivity contribution in [3.63, 3.8) is 0 Å². The summed E-state index contributed by atoms with van der Waals surface area (Å²) in [7, 11) is -3.28. The van der Waals surface area contributed by atoms with Crippen LogP contribution in [0.3, 0.4) is 0 Å². The molecule has 0 unspecified atom stereocenters. The summed E-state index contributed by atoms with van der Waals surface area (Å²) in [6, 6.07) is 13.2. The summed E-state index contributed by atoms with van der Waals surface area (Å²) in [6.07, 6.45) is 1.61. The number of hydrogen-bond acceptors (Lipinski definition) is 6. The van der Waals surface area contributed by atoms with Gasteiger partial charge in [0, 0.05) is 25.5 Å². The van der Waals surface area contributed by atoms with Crippen LogP contribution >= 0.6 is 0 Å². The van der Waals surface area contributed by atoms with Crippen LogP contribution in [0.4, 0.5) is 0 Å². The summed E-state index contributed by atoms with van der Waals surface area (Å²) in [5.74, 6) is -1.36. The number of benzene rings is 2. The fourth-order valence-corrected chi connectivity index (χ4v) is 4.13. The Morgan fingerprint density at radius 2 is 1.62 bits per heavy atom. The molecule has 0 N–H and O–H groups in total. The molecule has 152 valence electrons. The lowest BCUT2D eigenvalue weighted by molar-refractivity contribution is -0.142. The second kappa shape index (κ2) is 8.29. The van der Waals surface area contributed by atoms with E-state index in [2.05, 4.69) is 0 Å². The number of Topliss-reactive ketones (excluding diaryl/α,β-unsaturated/α-hetero) is 3. The fourth-order valence-electron chi connectivity index (χ4n) is 3.50. The Kier molecular flexibility index (Phi) is 5.98. The standard InChI is InChI=1S/C22H22O6S/c1-3-19(23)22-20(24)12-15(13-21(22)25)14-5-4-6-17(11-14)28-16-7-9-18(10-8-16)29(2,26)27/h4-11,15,22H,3,12-13H2,1-2H3. The molecule has 7 heteroatoms. The molecule has 0 radical (unpaired) electrons. The lowest BCUT2D eigenvalue weighted by Crippen LogP contribution is -2.37. The summed E-state index contributed by atoms with van der Waals surface area (Å²) in [5.41, 5.74) is 0.791. The number of ketones is 3. The van der Waals surface area contributed by atoms with Gasteiger partial charge in [-0.05, 0) is 47.9 Å². The van der Waals surface area contributed by atoms with Crippen LogP contribution in [0.2, 0.25) is 0 Å². The Balaban J connectivity index is 1.76. The van der Waals surface area contributed by atoms with Crippen molar-refractivity contribution < 1.29 is 27.5 Å². The number of carbonyl (C=O) groups excluding carboxylic acids is 3. The minimum atomic E-state index is -3.28. The minimum absolute atomic E-state index is 0.147. The number of sulfone groups is 1. The molecule has 0 bridgehead atoms. The van der Waals surface area contributed by atoms with Crippen LogP contribution in [-0.2, 0) is 24.2 Å². The Labute approximate surface area is 169 Å². The maximum absolute atomic E-state index is 12.4. The van der Waals surface area contributed by atoms with E-state index in [0.29, 0.717) is 11.5 Å². The molecular weight excluding hydrogens is 392 g/mol. The highest BCUT2D eigenvalue weighted by atomic mass is 32.2. The zero-order chi connectivity index (χ0) is 21.2.